The van der Waals surface area contributed by atoms with Crippen LogP contribution in [0.2, 0.25) is 0 Å². The van der Waals surface area contributed by atoms with Crippen molar-refractivity contribution < 1.29 is 8.83 Å². The Morgan fingerprint density at radius 1 is 0.708 bits per heavy atom. The summed E-state index contributed by atoms with van der Waals surface area (Å²) in [6, 6.07) is 17.9. The van der Waals surface area contributed by atoms with Crippen molar-refractivity contribution in [2.24, 2.45) is 0 Å². The first kappa shape index (κ1) is 15.4. The van der Waals surface area contributed by atoms with E-state index in [-0.39, 0.29) is 0 Å². The van der Waals surface area contributed by atoms with Gasteiger partial charge >= 0.3 is 0 Å². The lowest BCUT2D eigenvalue weighted by Gasteiger charge is -1.91. The van der Waals surface area contributed by atoms with E-state index in [1.54, 1.807) is 6.20 Å². The number of rotatable bonds is 0. The summed E-state index contributed by atoms with van der Waals surface area (Å²) in [6.07, 6.45) is 9.60. The number of nitrogens with zero attached hydrogens (tertiary/aromatic N) is 3. The normalized spacial score (nSPS) is 9.67. The van der Waals surface area contributed by atoms with Gasteiger partial charge in [0.25, 0.3) is 0 Å². The zero-order valence-corrected chi connectivity index (χ0v) is 12.8. The highest BCUT2D eigenvalue weighted by molar-refractivity contribution is 5.80. The maximum atomic E-state index is 5.01. The van der Waals surface area contributed by atoms with Crippen LogP contribution in [0.1, 0.15) is 0 Å². The fourth-order valence-corrected chi connectivity index (χ4v) is 2.01. The number of para-hydroxylation sites is 2. The number of aromatic nitrogens is 3. The molecule has 0 N–H and O–H groups in total. The van der Waals surface area contributed by atoms with Crippen LogP contribution < -0.4 is 0 Å². The number of hydrogen-bond acceptors (Lipinski definition) is 5. The molecular weight excluding hydrogens is 302 g/mol. The van der Waals surface area contributed by atoms with Gasteiger partial charge in [0.15, 0.2) is 18.4 Å². The minimum atomic E-state index is 0.845. The second kappa shape index (κ2) is 8.24. The predicted molar refractivity (Wildman–Crippen MR) is 92.3 cm³/mol. The van der Waals surface area contributed by atoms with Crippen molar-refractivity contribution in [3.05, 3.63) is 92.2 Å². The van der Waals surface area contributed by atoms with Crippen LogP contribution in [0, 0.1) is 0 Å². The van der Waals surface area contributed by atoms with Crippen LogP contribution in [0.15, 0.2) is 101 Å². The van der Waals surface area contributed by atoms with Gasteiger partial charge in [-0.3, -0.25) is 4.98 Å². The van der Waals surface area contributed by atoms with Gasteiger partial charge in [0.05, 0.1) is 6.20 Å². The molecule has 3 heterocycles. The van der Waals surface area contributed by atoms with Crippen LogP contribution in [0.5, 0.6) is 0 Å². The molecule has 0 spiro atoms. The summed E-state index contributed by atoms with van der Waals surface area (Å²) < 4.78 is 9.48. The maximum absolute atomic E-state index is 5.01. The van der Waals surface area contributed by atoms with Crippen molar-refractivity contribution in [1.82, 2.24) is 15.0 Å². The largest absolute Gasteiger partial charge is 0.452 e. The molecule has 0 aliphatic rings. The van der Waals surface area contributed by atoms with E-state index < -0.39 is 0 Å². The molecule has 0 atom stereocenters. The smallest absolute Gasteiger partial charge is 0.181 e. The summed E-state index contributed by atoms with van der Waals surface area (Å²) in [7, 11) is 0. The molecule has 0 saturated heterocycles. The molecule has 3 aromatic heterocycles. The van der Waals surface area contributed by atoms with Crippen LogP contribution in [0.25, 0.3) is 21.9 Å². The van der Waals surface area contributed by atoms with Crippen molar-refractivity contribution in [3.63, 3.8) is 0 Å². The predicted octanol–water partition coefficient (Wildman–Crippen LogP) is 4.74. The SMILES string of the molecule is c1ccc2cnccc2c1.c1ccc2ocnc2c1.c1cocn1. The van der Waals surface area contributed by atoms with E-state index in [1.807, 2.05) is 54.9 Å². The minimum absolute atomic E-state index is 0.845. The lowest BCUT2D eigenvalue weighted by atomic mass is 10.2. The summed E-state index contributed by atoms with van der Waals surface area (Å²) in [6.45, 7) is 0. The first-order valence-electron chi connectivity index (χ1n) is 7.32. The Morgan fingerprint density at radius 3 is 2.25 bits per heavy atom. The highest BCUT2D eigenvalue weighted by atomic mass is 16.3. The third-order valence-corrected chi connectivity index (χ3v) is 3.13. The molecule has 5 aromatic rings. The molecule has 5 nitrogen and oxygen atoms in total. The van der Waals surface area contributed by atoms with Gasteiger partial charge in [-0.1, -0.05) is 36.4 Å². The lowest BCUT2D eigenvalue weighted by Crippen LogP contribution is -1.71. The second-order valence-corrected chi connectivity index (χ2v) is 4.72. The number of oxazole rings is 2. The summed E-state index contributed by atoms with van der Waals surface area (Å²) in [5, 5.41) is 2.45. The zero-order chi connectivity index (χ0) is 16.5. The topological polar surface area (TPSA) is 65.0 Å². The summed E-state index contributed by atoms with van der Waals surface area (Å²) >= 11 is 0. The molecule has 0 amide bonds. The standard InChI is InChI=1S/C9H7N.C7H5NO.C3H3NO/c1-2-4-9-7-10-6-5-8(9)3-1;1-2-4-7-6(3-1)8-5-9-7;1-2-5-3-4-1/h1-7H;1-5H;1-3H. The van der Waals surface area contributed by atoms with Crippen LogP contribution >= 0.6 is 0 Å². The molecule has 0 bridgehead atoms. The molecular formula is C19H15N3O2. The van der Waals surface area contributed by atoms with Gasteiger partial charge < -0.3 is 8.83 Å². The van der Waals surface area contributed by atoms with Crippen molar-refractivity contribution >= 4 is 21.9 Å². The number of pyridine rings is 1. The average molecular weight is 317 g/mol. The number of hydrogen-bond donors (Lipinski definition) is 0. The van der Waals surface area contributed by atoms with Gasteiger partial charge in [-0.2, -0.15) is 0 Å². The first-order valence-corrected chi connectivity index (χ1v) is 7.32. The molecule has 2 aromatic carbocycles. The van der Waals surface area contributed by atoms with Crippen molar-refractivity contribution in [3.8, 4) is 0 Å². The third-order valence-electron chi connectivity index (χ3n) is 3.13. The summed E-state index contributed by atoms with van der Waals surface area (Å²) in [4.78, 5) is 11.5. The van der Waals surface area contributed by atoms with E-state index in [9.17, 15) is 0 Å². The third kappa shape index (κ3) is 4.27. The molecule has 24 heavy (non-hydrogen) atoms. The van der Waals surface area contributed by atoms with Crippen molar-refractivity contribution in [1.29, 1.82) is 0 Å². The molecule has 5 heteroatoms. The average Bonchev–Trinajstić information content (AvgIpc) is 3.37. The van der Waals surface area contributed by atoms with E-state index in [2.05, 4.69) is 31.5 Å². The Hall–Kier alpha value is -3.47. The monoisotopic (exact) mass is 317 g/mol. The molecule has 0 radical (unpaired) electrons. The van der Waals surface area contributed by atoms with Crippen LogP contribution in [0.3, 0.4) is 0 Å². The van der Waals surface area contributed by atoms with E-state index >= 15 is 0 Å². The molecule has 0 aliphatic heterocycles. The summed E-state index contributed by atoms with van der Waals surface area (Å²) in [5.74, 6) is 0. The first-order chi connectivity index (χ1) is 11.9. The van der Waals surface area contributed by atoms with Gasteiger partial charge in [0.2, 0.25) is 0 Å². The highest BCUT2D eigenvalue weighted by Crippen LogP contribution is 2.10. The van der Waals surface area contributed by atoms with Crippen LogP contribution in [-0.2, 0) is 0 Å². The van der Waals surface area contributed by atoms with Crippen molar-refractivity contribution in [2.45, 2.75) is 0 Å². The molecule has 0 saturated carbocycles. The summed E-state index contributed by atoms with van der Waals surface area (Å²) in [5.41, 5.74) is 1.76. The van der Waals surface area contributed by atoms with Crippen molar-refractivity contribution in [2.75, 3.05) is 0 Å². The fourth-order valence-electron chi connectivity index (χ4n) is 2.01. The van der Waals surface area contributed by atoms with Gasteiger partial charge in [-0.05, 0) is 29.0 Å². The Kier molecular flexibility index (Phi) is 5.30. The Balaban J connectivity index is 0.000000112. The second-order valence-electron chi connectivity index (χ2n) is 4.72. The van der Waals surface area contributed by atoms with E-state index in [0.717, 1.165) is 11.1 Å². The van der Waals surface area contributed by atoms with E-state index in [0.29, 0.717) is 0 Å². The number of benzene rings is 2. The Labute approximate surface area is 138 Å². The maximum Gasteiger partial charge on any atom is 0.181 e. The van der Waals surface area contributed by atoms with Gasteiger partial charge in [-0.25, -0.2) is 9.97 Å². The quantitative estimate of drug-likeness (QED) is 0.413. The van der Waals surface area contributed by atoms with E-state index in [1.165, 1.54) is 29.8 Å². The van der Waals surface area contributed by atoms with Crippen LogP contribution in [-0.4, -0.2) is 15.0 Å². The molecule has 5 rings (SSSR count). The van der Waals surface area contributed by atoms with Gasteiger partial charge in [0, 0.05) is 12.4 Å². The van der Waals surface area contributed by atoms with Gasteiger partial charge in [-0.15, -0.1) is 0 Å². The molecule has 118 valence electrons. The Bertz CT molecular complexity index is 865. The zero-order valence-electron chi connectivity index (χ0n) is 12.8. The number of fused-ring (bicyclic) bond motifs is 2. The Morgan fingerprint density at radius 2 is 1.54 bits per heavy atom. The van der Waals surface area contributed by atoms with E-state index in [4.69, 9.17) is 4.42 Å². The van der Waals surface area contributed by atoms with Gasteiger partial charge in [0.1, 0.15) is 11.8 Å². The lowest BCUT2D eigenvalue weighted by molar-refractivity contribution is 0.558. The minimum Gasteiger partial charge on any atom is -0.452 e. The molecule has 0 fully saturated rings. The molecule has 0 unspecified atom stereocenters. The van der Waals surface area contributed by atoms with Crippen LogP contribution in [0.4, 0.5) is 0 Å². The fraction of sp³-hybridized carbons (Fsp3) is 0. The highest BCUT2D eigenvalue weighted by Gasteiger charge is 1.91. The molecule has 0 aliphatic carbocycles.